The van der Waals surface area contributed by atoms with Crippen molar-refractivity contribution in [3.63, 3.8) is 0 Å². The Morgan fingerprint density at radius 1 is 0.378 bits per heavy atom. The van der Waals surface area contributed by atoms with E-state index in [4.69, 9.17) is 0 Å². The van der Waals surface area contributed by atoms with Gasteiger partial charge in [0.2, 0.25) is 0 Å². The van der Waals surface area contributed by atoms with Crippen molar-refractivity contribution >= 4 is 83.9 Å². The number of allylic oxidation sites excluding steroid dienone is 1. The monoisotopic (exact) mass is 1210 g/mol. The van der Waals surface area contributed by atoms with E-state index in [0.717, 1.165) is 6.42 Å². The Kier molecular flexibility index (Phi) is 11.9. The SMILES string of the molecule is Cc1cc2c(cc1N1C3=C(B4c5c1cc(N1c6ccccc6C6(C)CCCCC16C)cc5N(c1cc5c(cc1C)C(C)(C)CCC5(C)C)c1sc5cc6c(cc5c14)C(C)(C)CCC6(C)C)C(C)(C)c1cc4c(cc13)C(C)(C)CCC4(C)C)C(C)(C)CCC2(C)C. The Bertz CT molecular complexity index is 4390. The molecule has 2 unspecified atom stereocenters. The van der Waals surface area contributed by atoms with Crippen LogP contribution in [0.2, 0.25) is 0 Å². The molecule has 468 valence electrons. The lowest BCUT2D eigenvalue weighted by Gasteiger charge is -2.51. The van der Waals surface area contributed by atoms with Gasteiger partial charge >= 0.3 is 0 Å². The van der Waals surface area contributed by atoms with E-state index < -0.39 is 0 Å². The molecule has 2 atom stereocenters. The first-order valence-electron chi connectivity index (χ1n) is 35.4. The molecule has 0 saturated heterocycles. The lowest BCUT2D eigenvalue weighted by Crippen LogP contribution is -2.58. The van der Waals surface area contributed by atoms with Crippen LogP contribution < -0.4 is 25.6 Å². The molecule has 0 spiro atoms. The molecule has 5 heteroatoms. The highest BCUT2D eigenvalue weighted by atomic mass is 32.1. The van der Waals surface area contributed by atoms with Crippen molar-refractivity contribution in [1.29, 1.82) is 0 Å². The highest BCUT2D eigenvalue weighted by Gasteiger charge is 2.60. The van der Waals surface area contributed by atoms with Gasteiger partial charge in [-0.25, -0.2) is 0 Å². The van der Waals surface area contributed by atoms with Crippen LogP contribution in [-0.2, 0) is 54.1 Å². The second-order valence-electron chi connectivity index (χ2n) is 37.2. The highest BCUT2D eigenvalue weighted by molar-refractivity contribution is 7.26. The molecule has 1 saturated carbocycles. The first kappa shape index (κ1) is 59.5. The first-order valence-corrected chi connectivity index (χ1v) is 36.2. The van der Waals surface area contributed by atoms with E-state index >= 15 is 0 Å². The average Bonchev–Trinajstić information content (AvgIpc) is 1.45. The van der Waals surface area contributed by atoms with Crippen molar-refractivity contribution in [3.8, 4) is 0 Å². The van der Waals surface area contributed by atoms with Crippen molar-refractivity contribution in [1.82, 2.24) is 0 Å². The topological polar surface area (TPSA) is 9.72 Å². The van der Waals surface area contributed by atoms with E-state index in [2.05, 4.69) is 263 Å². The average molecular weight is 1210 g/mol. The summed E-state index contributed by atoms with van der Waals surface area (Å²) in [6, 6.07) is 37.0. The van der Waals surface area contributed by atoms with Crippen LogP contribution in [0.25, 0.3) is 15.8 Å². The molecule has 6 aromatic carbocycles. The van der Waals surface area contributed by atoms with Crippen LogP contribution >= 0.6 is 11.3 Å². The van der Waals surface area contributed by atoms with Gasteiger partial charge in [-0.1, -0.05) is 186 Å². The van der Waals surface area contributed by atoms with E-state index in [1.54, 1.807) is 27.7 Å². The number of aryl methyl sites for hydroxylation is 2. The third-order valence-corrected chi connectivity index (χ3v) is 28.7. The van der Waals surface area contributed by atoms with Gasteiger partial charge in [0.15, 0.2) is 0 Å². The van der Waals surface area contributed by atoms with Gasteiger partial charge in [-0.2, -0.15) is 0 Å². The maximum Gasteiger partial charge on any atom is 0.250 e. The van der Waals surface area contributed by atoms with Crippen LogP contribution in [0.4, 0.5) is 39.1 Å². The number of hydrogen-bond acceptors (Lipinski definition) is 4. The normalized spacial score (nSPS) is 26.3. The second kappa shape index (κ2) is 18.0. The van der Waals surface area contributed by atoms with Gasteiger partial charge in [0.25, 0.3) is 6.71 Å². The van der Waals surface area contributed by atoms with Crippen molar-refractivity contribution in [3.05, 3.63) is 163 Å². The summed E-state index contributed by atoms with van der Waals surface area (Å²) in [4.78, 5) is 8.76. The maximum atomic E-state index is 2.95. The summed E-state index contributed by atoms with van der Waals surface area (Å²) in [5.41, 5.74) is 33.6. The minimum atomic E-state index is -0.330. The number of rotatable bonds is 3. The van der Waals surface area contributed by atoms with Crippen LogP contribution in [0.1, 0.15) is 288 Å². The zero-order chi connectivity index (χ0) is 63.9. The van der Waals surface area contributed by atoms with Crippen molar-refractivity contribution in [2.24, 2.45) is 0 Å². The van der Waals surface area contributed by atoms with Crippen LogP contribution in [-0.4, -0.2) is 12.3 Å². The van der Waals surface area contributed by atoms with E-state index in [1.807, 2.05) is 0 Å². The van der Waals surface area contributed by atoms with E-state index in [9.17, 15) is 0 Å². The first-order chi connectivity index (χ1) is 41.9. The van der Waals surface area contributed by atoms with Crippen LogP contribution in [0.3, 0.4) is 0 Å². The number of para-hydroxylation sites is 1. The lowest BCUT2D eigenvalue weighted by molar-refractivity contribution is 0.195. The summed E-state index contributed by atoms with van der Waals surface area (Å²) in [5, 5.41) is 2.88. The summed E-state index contributed by atoms with van der Waals surface area (Å²) in [6.45, 7) is 56.1. The molecular weight excluding hydrogens is 1110 g/mol. The summed E-state index contributed by atoms with van der Waals surface area (Å²) >= 11 is 2.11. The Labute approximate surface area is 547 Å². The maximum absolute atomic E-state index is 2.95. The number of nitrogens with zero attached hydrogens (tertiary/aromatic N) is 3. The summed E-state index contributed by atoms with van der Waals surface area (Å²) < 4.78 is 1.44. The number of hydrogen-bond donors (Lipinski definition) is 0. The molecule has 7 aromatic rings. The fraction of sp³-hybridized carbons (Fsp3) is 0.529. The summed E-state index contributed by atoms with van der Waals surface area (Å²) in [5.74, 6) is 0. The van der Waals surface area contributed by atoms with E-state index in [0.29, 0.717) is 0 Å². The van der Waals surface area contributed by atoms with Crippen LogP contribution in [0.5, 0.6) is 0 Å². The zero-order valence-electron chi connectivity index (χ0n) is 59.4. The zero-order valence-corrected chi connectivity index (χ0v) is 60.2. The quantitative estimate of drug-likeness (QED) is 0.163. The Morgan fingerprint density at radius 2 is 0.811 bits per heavy atom. The molecule has 16 rings (SSSR count). The molecular formula is C85H104BN3S. The molecule has 0 N–H and O–H groups in total. The molecule has 0 amide bonds. The fourth-order valence-corrected chi connectivity index (χ4v) is 22.1. The largest absolute Gasteiger partial charge is 0.334 e. The second-order valence-corrected chi connectivity index (χ2v) is 38.2. The summed E-state index contributed by atoms with van der Waals surface area (Å²) in [7, 11) is 0. The van der Waals surface area contributed by atoms with Crippen molar-refractivity contribution in [2.45, 2.75) is 289 Å². The predicted octanol–water partition coefficient (Wildman–Crippen LogP) is 22.4. The third-order valence-electron chi connectivity index (χ3n) is 27.5. The summed E-state index contributed by atoms with van der Waals surface area (Å²) in [6.07, 6.45) is 14.3. The Balaban J connectivity index is 1.11. The molecule has 4 heterocycles. The van der Waals surface area contributed by atoms with Gasteiger partial charge in [-0.3, -0.25) is 0 Å². The standard InChI is InChI=1S/C85H104BN3S/c1-49-39-56-61(80(13,14)36-31-75(56,3)4)46-65(49)87-67-41-51(89-64-28-24-23-27-54(64)84(21)29-25-26-30-85(84,89)22)42-68-71(67)86(73-72(87)52-43-58-60(45-55(52)83(73,19)20)79(11,12)35-33-77(58,7)8)70-53-44-59-63(82(17,18)38-34-78(59,9)10)48-69(53)90-74(70)88(68)66-47-62-57(40-50(66)2)76(5,6)32-37-81(62,15)16/h23-24,27-28,39-48H,25-26,29-38H2,1-22H3. The van der Waals surface area contributed by atoms with Gasteiger partial charge in [-0.15, -0.1) is 11.3 Å². The molecule has 9 aliphatic rings. The van der Waals surface area contributed by atoms with Crippen LogP contribution in [0.15, 0.2) is 90.4 Å². The molecule has 3 aliphatic heterocycles. The van der Waals surface area contributed by atoms with Crippen molar-refractivity contribution < 1.29 is 0 Å². The number of thiophene rings is 1. The van der Waals surface area contributed by atoms with Gasteiger partial charge < -0.3 is 14.7 Å². The van der Waals surface area contributed by atoms with Crippen LogP contribution in [0, 0.1) is 13.8 Å². The molecule has 6 aliphatic carbocycles. The van der Waals surface area contributed by atoms with Gasteiger partial charge in [0.1, 0.15) is 0 Å². The number of anilines is 7. The fourth-order valence-electron chi connectivity index (χ4n) is 20.8. The minimum Gasteiger partial charge on any atom is -0.334 e. The smallest absolute Gasteiger partial charge is 0.250 e. The molecule has 0 bridgehead atoms. The van der Waals surface area contributed by atoms with E-state index in [1.165, 1.54) is 187 Å². The van der Waals surface area contributed by atoms with Gasteiger partial charge in [0, 0.05) is 55.2 Å². The number of benzene rings is 6. The minimum absolute atomic E-state index is 0.0130. The van der Waals surface area contributed by atoms with Gasteiger partial charge in [0.05, 0.1) is 16.2 Å². The highest BCUT2D eigenvalue weighted by Crippen LogP contribution is 2.66. The molecule has 0 radical (unpaired) electrons. The Hall–Kier alpha value is -5.52. The molecule has 3 nitrogen and oxygen atoms in total. The third kappa shape index (κ3) is 7.65. The number of fused-ring (bicyclic) bond motifs is 14. The van der Waals surface area contributed by atoms with Gasteiger partial charge in [-0.05, 0) is 260 Å². The Morgan fingerprint density at radius 3 is 1.34 bits per heavy atom. The molecule has 1 fully saturated rings. The molecule has 1 aromatic heterocycles. The molecule has 90 heavy (non-hydrogen) atoms. The predicted molar refractivity (Wildman–Crippen MR) is 390 cm³/mol. The van der Waals surface area contributed by atoms with Crippen molar-refractivity contribution in [2.75, 3.05) is 14.7 Å². The van der Waals surface area contributed by atoms with E-state index in [-0.39, 0.29) is 66.4 Å². The lowest BCUT2D eigenvalue weighted by atomic mass is 9.30.